The quantitative estimate of drug-likeness (QED) is 0.480. The van der Waals surface area contributed by atoms with Crippen LogP contribution >= 0.6 is 23.1 Å². The molecule has 0 radical (unpaired) electrons. The lowest BCUT2D eigenvalue weighted by atomic mass is 10.2. The van der Waals surface area contributed by atoms with Crippen molar-refractivity contribution in [3.05, 3.63) is 52.1 Å². The third-order valence-corrected chi connectivity index (χ3v) is 6.50. The van der Waals surface area contributed by atoms with E-state index in [0.29, 0.717) is 21.1 Å². The second-order valence-corrected chi connectivity index (χ2v) is 8.64. The first kappa shape index (κ1) is 19.7. The van der Waals surface area contributed by atoms with Gasteiger partial charge in [-0.25, -0.2) is 9.78 Å². The van der Waals surface area contributed by atoms with E-state index in [0.717, 1.165) is 37.4 Å². The number of carbonyl (C=O) groups excluding carboxylic acids is 2. The van der Waals surface area contributed by atoms with E-state index in [9.17, 15) is 14.4 Å². The Bertz CT molecular complexity index is 1090. The van der Waals surface area contributed by atoms with Crippen LogP contribution in [-0.2, 0) is 4.79 Å². The Kier molecular flexibility index (Phi) is 5.96. The Labute approximate surface area is 175 Å². The standard InChI is InChI=1S/C20H20N4O3S2/c25-16(22-19(27)21-13-6-4-5-7-13)12-29-20-23-17-15(10-11-28-17)18(26)24(20)14-8-2-1-3-9-14/h1-3,8-11,13H,4-7,12H2,(H2,21,22,25,27). The Morgan fingerprint density at radius 1 is 1.17 bits per heavy atom. The molecule has 0 unspecified atom stereocenters. The lowest BCUT2D eigenvalue weighted by Gasteiger charge is -2.13. The predicted octanol–water partition coefficient (Wildman–Crippen LogP) is 3.31. The fourth-order valence-electron chi connectivity index (χ4n) is 3.38. The Balaban J connectivity index is 1.50. The zero-order valence-corrected chi connectivity index (χ0v) is 17.2. The Hall–Kier alpha value is -2.65. The van der Waals surface area contributed by atoms with Crippen LogP contribution in [0.25, 0.3) is 15.9 Å². The van der Waals surface area contributed by atoms with Gasteiger partial charge in [-0.05, 0) is 36.4 Å². The van der Waals surface area contributed by atoms with Gasteiger partial charge < -0.3 is 5.32 Å². The summed E-state index contributed by atoms with van der Waals surface area (Å²) in [5, 5.41) is 7.97. The lowest BCUT2D eigenvalue weighted by Crippen LogP contribution is -2.44. The molecule has 0 saturated heterocycles. The molecule has 29 heavy (non-hydrogen) atoms. The minimum atomic E-state index is -0.468. The number of carbonyl (C=O) groups is 2. The zero-order valence-electron chi connectivity index (χ0n) is 15.6. The minimum Gasteiger partial charge on any atom is -0.335 e. The number of urea groups is 1. The molecule has 1 aliphatic carbocycles. The highest BCUT2D eigenvalue weighted by Gasteiger charge is 2.19. The van der Waals surface area contributed by atoms with Gasteiger partial charge in [0, 0.05) is 6.04 Å². The van der Waals surface area contributed by atoms with Gasteiger partial charge in [-0.2, -0.15) is 0 Å². The third kappa shape index (κ3) is 4.51. The highest BCUT2D eigenvalue weighted by molar-refractivity contribution is 7.99. The summed E-state index contributed by atoms with van der Waals surface area (Å²) in [4.78, 5) is 42.4. The minimum absolute atomic E-state index is 0.0196. The molecule has 0 aliphatic heterocycles. The van der Waals surface area contributed by atoms with Gasteiger partial charge in [-0.15, -0.1) is 11.3 Å². The monoisotopic (exact) mass is 428 g/mol. The highest BCUT2D eigenvalue weighted by Crippen LogP contribution is 2.23. The van der Waals surface area contributed by atoms with Crippen molar-refractivity contribution < 1.29 is 9.59 Å². The van der Waals surface area contributed by atoms with Crippen molar-refractivity contribution in [3.63, 3.8) is 0 Å². The molecule has 4 rings (SSSR count). The van der Waals surface area contributed by atoms with Crippen molar-refractivity contribution in [2.45, 2.75) is 36.9 Å². The number of nitrogens with one attached hydrogen (secondary N) is 2. The van der Waals surface area contributed by atoms with Gasteiger partial charge >= 0.3 is 6.03 Å². The first-order chi connectivity index (χ1) is 14.1. The highest BCUT2D eigenvalue weighted by atomic mass is 32.2. The molecule has 2 heterocycles. The van der Waals surface area contributed by atoms with E-state index in [-0.39, 0.29) is 17.4 Å². The van der Waals surface area contributed by atoms with Crippen LogP contribution in [0, 0.1) is 0 Å². The summed E-state index contributed by atoms with van der Waals surface area (Å²) >= 11 is 2.51. The normalized spacial score (nSPS) is 14.2. The maximum absolute atomic E-state index is 13.0. The fourth-order valence-corrected chi connectivity index (χ4v) is 5.00. The van der Waals surface area contributed by atoms with Crippen molar-refractivity contribution in [2.75, 3.05) is 5.75 Å². The number of amides is 3. The van der Waals surface area contributed by atoms with E-state index in [2.05, 4.69) is 15.6 Å². The number of para-hydroxylation sites is 1. The average molecular weight is 429 g/mol. The average Bonchev–Trinajstić information content (AvgIpc) is 3.39. The van der Waals surface area contributed by atoms with Crippen molar-refractivity contribution >= 4 is 45.3 Å². The van der Waals surface area contributed by atoms with E-state index in [1.54, 1.807) is 6.07 Å². The van der Waals surface area contributed by atoms with Crippen LogP contribution in [0.3, 0.4) is 0 Å². The van der Waals surface area contributed by atoms with Gasteiger partial charge in [0.2, 0.25) is 5.91 Å². The molecule has 1 aromatic carbocycles. The summed E-state index contributed by atoms with van der Waals surface area (Å²) < 4.78 is 1.51. The van der Waals surface area contributed by atoms with Crippen LogP contribution in [0.2, 0.25) is 0 Å². The molecule has 9 heteroatoms. The topological polar surface area (TPSA) is 93.1 Å². The lowest BCUT2D eigenvalue weighted by molar-refractivity contribution is -0.117. The van der Waals surface area contributed by atoms with E-state index in [1.165, 1.54) is 15.9 Å². The van der Waals surface area contributed by atoms with Gasteiger partial charge in [0.25, 0.3) is 5.56 Å². The predicted molar refractivity (Wildman–Crippen MR) is 115 cm³/mol. The largest absolute Gasteiger partial charge is 0.335 e. The number of thioether (sulfide) groups is 1. The van der Waals surface area contributed by atoms with Crippen LogP contribution in [-0.4, -0.2) is 33.3 Å². The molecule has 150 valence electrons. The van der Waals surface area contributed by atoms with Crippen LogP contribution in [0.1, 0.15) is 25.7 Å². The van der Waals surface area contributed by atoms with E-state index >= 15 is 0 Å². The van der Waals surface area contributed by atoms with Gasteiger partial charge in [-0.1, -0.05) is 42.8 Å². The summed E-state index contributed by atoms with van der Waals surface area (Å²) in [5.74, 6) is -0.445. The van der Waals surface area contributed by atoms with Crippen LogP contribution < -0.4 is 16.2 Å². The van der Waals surface area contributed by atoms with E-state index < -0.39 is 11.9 Å². The van der Waals surface area contributed by atoms with Crippen LogP contribution in [0.5, 0.6) is 0 Å². The van der Waals surface area contributed by atoms with Crippen LogP contribution in [0.15, 0.2) is 51.7 Å². The molecule has 1 saturated carbocycles. The molecule has 1 aliphatic rings. The molecule has 2 N–H and O–H groups in total. The van der Waals surface area contributed by atoms with Crippen molar-refractivity contribution in [1.29, 1.82) is 0 Å². The number of imide groups is 1. The Morgan fingerprint density at radius 2 is 1.93 bits per heavy atom. The van der Waals surface area contributed by atoms with E-state index in [1.807, 2.05) is 35.7 Å². The molecular weight excluding hydrogens is 408 g/mol. The number of hydrogen-bond donors (Lipinski definition) is 2. The number of fused-ring (bicyclic) bond motifs is 1. The number of hydrogen-bond acceptors (Lipinski definition) is 6. The number of benzene rings is 1. The third-order valence-electron chi connectivity index (χ3n) is 4.76. The Morgan fingerprint density at radius 3 is 2.69 bits per heavy atom. The number of nitrogens with zero attached hydrogens (tertiary/aromatic N) is 2. The number of thiophene rings is 1. The summed E-state index contributed by atoms with van der Waals surface area (Å²) in [6.07, 6.45) is 4.10. The van der Waals surface area contributed by atoms with Crippen molar-refractivity contribution in [1.82, 2.24) is 20.2 Å². The molecule has 7 nitrogen and oxygen atoms in total. The van der Waals surface area contributed by atoms with E-state index in [4.69, 9.17) is 0 Å². The number of rotatable bonds is 5. The fraction of sp³-hybridized carbons (Fsp3) is 0.300. The summed E-state index contributed by atoms with van der Waals surface area (Å²) in [7, 11) is 0. The van der Waals surface area contributed by atoms with Gasteiger partial charge in [0.15, 0.2) is 5.16 Å². The molecule has 0 bridgehead atoms. The van der Waals surface area contributed by atoms with Crippen LogP contribution in [0.4, 0.5) is 4.79 Å². The molecular formula is C20H20N4O3S2. The van der Waals surface area contributed by atoms with Crippen molar-refractivity contribution in [2.24, 2.45) is 0 Å². The molecule has 2 aromatic heterocycles. The summed E-state index contributed by atoms with van der Waals surface area (Å²) in [6.45, 7) is 0. The molecule has 0 atom stereocenters. The summed E-state index contributed by atoms with van der Waals surface area (Å²) in [6, 6.07) is 10.6. The molecule has 3 aromatic rings. The zero-order chi connectivity index (χ0) is 20.2. The second kappa shape index (κ2) is 8.79. The maximum Gasteiger partial charge on any atom is 0.321 e. The summed E-state index contributed by atoms with van der Waals surface area (Å²) in [5.41, 5.74) is 0.504. The van der Waals surface area contributed by atoms with Crippen molar-refractivity contribution in [3.8, 4) is 5.69 Å². The van der Waals surface area contributed by atoms with Gasteiger partial charge in [-0.3, -0.25) is 19.5 Å². The van der Waals surface area contributed by atoms with Gasteiger partial charge in [0.05, 0.1) is 16.8 Å². The SMILES string of the molecule is O=C(CSc1nc2sccc2c(=O)n1-c1ccccc1)NC(=O)NC1CCCC1. The number of aromatic nitrogens is 2. The smallest absolute Gasteiger partial charge is 0.321 e. The maximum atomic E-state index is 13.0. The molecule has 0 spiro atoms. The first-order valence-corrected chi connectivity index (χ1v) is 11.3. The molecule has 3 amide bonds. The molecule has 1 fully saturated rings. The van der Waals surface area contributed by atoms with Gasteiger partial charge in [0.1, 0.15) is 4.83 Å². The second-order valence-electron chi connectivity index (χ2n) is 6.80. The first-order valence-electron chi connectivity index (χ1n) is 9.40.